The average Bonchev–Trinajstić information content (AvgIpc) is 3.39. The highest BCUT2D eigenvalue weighted by atomic mass is 16.3. The van der Waals surface area contributed by atoms with E-state index in [1.165, 1.54) is 11.8 Å². The monoisotopic (exact) mass is 507 g/mol. The van der Waals surface area contributed by atoms with Crippen LogP contribution in [0.5, 0.6) is 0 Å². The van der Waals surface area contributed by atoms with Gasteiger partial charge in [0.1, 0.15) is 5.69 Å². The van der Waals surface area contributed by atoms with Crippen LogP contribution in [0.1, 0.15) is 43.1 Å². The molecule has 38 heavy (non-hydrogen) atoms. The van der Waals surface area contributed by atoms with Crippen LogP contribution in [0.4, 0.5) is 11.4 Å². The molecule has 0 atom stereocenters. The lowest BCUT2D eigenvalue weighted by Gasteiger charge is -2.28. The lowest BCUT2D eigenvalue weighted by molar-refractivity contribution is 0.0956. The highest BCUT2D eigenvalue weighted by molar-refractivity contribution is 6.09. The summed E-state index contributed by atoms with van der Waals surface area (Å²) in [6, 6.07) is 25.6. The summed E-state index contributed by atoms with van der Waals surface area (Å²) in [6.07, 6.45) is 3.56. The zero-order chi connectivity index (χ0) is 26.9. The maximum atomic E-state index is 12.8. The van der Waals surface area contributed by atoms with E-state index >= 15 is 0 Å². The van der Waals surface area contributed by atoms with Crippen LogP contribution in [0.15, 0.2) is 79.0 Å². The molecule has 0 radical (unpaired) electrons. The van der Waals surface area contributed by atoms with Crippen molar-refractivity contribution in [1.29, 1.82) is 5.26 Å². The Morgan fingerprint density at radius 2 is 1.79 bits per heavy atom. The molecule has 4 aromatic rings. The molecule has 5 rings (SSSR count). The van der Waals surface area contributed by atoms with Crippen molar-refractivity contribution in [3.63, 3.8) is 0 Å². The Bertz CT molecular complexity index is 1450. The minimum absolute atomic E-state index is 0.146. The van der Waals surface area contributed by atoms with Crippen molar-refractivity contribution in [3.8, 4) is 6.07 Å². The summed E-state index contributed by atoms with van der Waals surface area (Å²) in [6.45, 7) is 1.23. The summed E-state index contributed by atoms with van der Waals surface area (Å²) >= 11 is 0. The predicted molar refractivity (Wildman–Crippen MR) is 146 cm³/mol. The fourth-order valence-electron chi connectivity index (χ4n) is 4.36. The molecule has 1 aliphatic heterocycles. The van der Waals surface area contributed by atoms with E-state index < -0.39 is 0 Å². The molecule has 0 saturated heterocycles. The van der Waals surface area contributed by atoms with Crippen LogP contribution in [0, 0.1) is 11.3 Å². The van der Waals surface area contributed by atoms with Crippen LogP contribution in [-0.4, -0.2) is 47.3 Å². The van der Waals surface area contributed by atoms with Gasteiger partial charge in [0.2, 0.25) is 0 Å². The summed E-state index contributed by atoms with van der Waals surface area (Å²) < 4.78 is 1.59. The Hall–Kier alpha value is -4.74. The Labute approximate surface area is 221 Å². The molecule has 0 fully saturated rings. The maximum absolute atomic E-state index is 12.8. The Morgan fingerprint density at radius 1 is 1.03 bits per heavy atom. The molecule has 0 spiro atoms. The standard InChI is InChI=1S/C22H21N3O3.C8H8N2/c26-11-8-16-2-1-3-18(12-16)13-17-4-6-20(7-5-17)24-9-10-25-21(22(24)28)19(15-27)14-23-25;1-10-8-4-2-3-7(5-8)6-9/h1-7,12,14-15,26H,8-11,13H2;2-5,10H,1H3. The number of hydrogen-bond donors (Lipinski definition) is 2. The van der Waals surface area contributed by atoms with Crippen LogP contribution in [-0.2, 0) is 19.4 Å². The third kappa shape index (κ3) is 6.14. The molecular weight excluding hydrogens is 478 g/mol. The number of anilines is 2. The number of carbonyl (C=O) groups is 2. The molecule has 0 bridgehead atoms. The topological polar surface area (TPSA) is 111 Å². The van der Waals surface area contributed by atoms with Crippen LogP contribution in [0.2, 0.25) is 0 Å². The molecule has 2 N–H and O–H groups in total. The van der Waals surface area contributed by atoms with Gasteiger partial charge in [-0.25, -0.2) is 0 Å². The third-order valence-electron chi connectivity index (χ3n) is 6.31. The average molecular weight is 508 g/mol. The second-order valence-corrected chi connectivity index (χ2v) is 8.83. The van der Waals surface area contributed by atoms with E-state index in [-0.39, 0.29) is 12.5 Å². The quantitative estimate of drug-likeness (QED) is 0.365. The van der Waals surface area contributed by atoms with Gasteiger partial charge in [0.05, 0.1) is 29.9 Å². The number of nitriles is 1. The highest BCUT2D eigenvalue weighted by Gasteiger charge is 2.29. The van der Waals surface area contributed by atoms with Gasteiger partial charge in [-0.05, 0) is 59.9 Å². The molecule has 1 amide bonds. The minimum Gasteiger partial charge on any atom is -0.396 e. The first kappa shape index (κ1) is 26.3. The number of aromatic nitrogens is 2. The van der Waals surface area contributed by atoms with E-state index in [9.17, 15) is 9.59 Å². The summed E-state index contributed by atoms with van der Waals surface area (Å²) in [5.41, 5.74) is 6.61. The molecule has 0 unspecified atom stereocenters. The summed E-state index contributed by atoms with van der Waals surface area (Å²) in [4.78, 5) is 25.7. The molecule has 192 valence electrons. The van der Waals surface area contributed by atoms with Gasteiger partial charge < -0.3 is 15.3 Å². The first-order chi connectivity index (χ1) is 18.6. The van der Waals surface area contributed by atoms with Crippen molar-refractivity contribution >= 4 is 23.6 Å². The second-order valence-electron chi connectivity index (χ2n) is 8.83. The SMILES string of the molecule is CNc1cccc(C#N)c1.O=Cc1cnn2c1C(=O)N(c1ccc(Cc3cccc(CCO)c3)cc1)CC2. The van der Waals surface area contributed by atoms with Gasteiger partial charge in [0.15, 0.2) is 6.29 Å². The van der Waals surface area contributed by atoms with E-state index in [0.29, 0.717) is 42.6 Å². The van der Waals surface area contributed by atoms with Crippen LogP contribution in [0.25, 0.3) is 0 Å². The van der Waals surface area contributed by atoms with E-state index in [4.69, 9.17) is 10.4 Å². The zero-order valence-corrected chi connectivity index (χ0v) is 21.2. The lowest BCUT2D eigenvalue weighted by atomic mass is 10.0. The number of benzene rings is 3. The Balaban J connectivity index is 0.000000283. The number of aliphatic hydroxyl groups is 1. The maximum Gasteiger partial charge on any atom is 0.277 e. The Morgan fingerprint density at radius 3 is 2.50 bits per heavy atom. The highest BCUT2D eigenvalue weighted by Crippen LogP contribution is 2.24. The van der Waals surface area contributed by atoms with Gasteiger partial charge in [-0.15, -0.1) is 0 Å². The fraction of sp³-hybridized carbons (Fsp3) is 0.200. The number of aliphatic hydroxyl groups excluding tert-OH is 1. The van der Waals surface area contributed by atoms with Crippen molar-refractivity contribution in [2.45, 2.75) is 19.4 Å². The van der Waals surface area contributed by atoms with E-state index in [0.717, 1.165) is 28.9 Å². The van der Waals surface area contributed by atoms with Gasteiger partial charge in [-0.2, -0.15) is 10.4 Å². The van der Waals surface area contributed by atoms with Gasteiger partial charge in [0, 0.05) is 31.6 Å². The molecule has 8 nitrogen and oxygen atoms in total. The first-order valence-corrected chi connectivity index (χ1v) is 12.3. The normalized spacial score (nSPS) is 12.1. The first-order valence-electron chi connectivity index (χ1n) is 12.3. The number of nitrogens with one attached hydrogen (secondary N) is 1. The van der Waals surface area contributed by atoms with Crippen LogP contribution in [0.3, 0.4) is 0 Å². The van der Waals surface area contributed by atoms with E-state index in [2.05, 4.69) is 28.6 Å². The molecule has 8 heteroatoms. The van der Waals surface area contributed by atoms with Crippen LogP contribution < -0.4 is 10.2 Å². The fourth-order valence-corrected chi connectivity index (χ4v) is 4.36. The molecule has 2 heterocycles. The number of rotatable bonds is 7. The zero-order valence-electron chi connectivity index (χ0n) is 21.2. The number of aldehydes is 1. The molecule has 1 aromatic heterocycles. The number of carbonyl (C=O) groups excluding carboxylic acids is 2. The smallest absolute Gasteiger partial charge is 0.277 e. The van der Waals surface area contributed by atoms with Gasteiger partial charge in [0.25, 0.3) is 5.91 Å². The van der Waals surface area contributed by atoms with Crippen LogP contribution >= 0.6 is 0 Å². The van der Waals surface area contributed by atoms with Gasteiger partial charge in [-0.1, -0.05) is 42.5 Å². The Kier molecular flexibility index (Phi) is 8.65. The van der Waals surface area contributed by atoms with Crippen molar-refractivity contribution in [3.05, 3.63) is 113 Å². The third-order valence-corrected chi connectivity index (χ3v) is 6.31. The largest absolute Gasteiger partial charge is 0.396 e. The minimum atomic E-state index is -0.199. The van der Waals surface area contributed by atoms with Crippen molar-refractivity contribution < 1.29 is 14.7 Å². The second kappa shape index (κ2) is 12.5. The van der Waals surface area contributed by atoms with Crippen molar-refractivity contribution in [2.24, 2.45) is 0 Å². The summed E-state index contributed by atoms with van der Waals surface area (Å²) in [5.74, 6) is -0.199. The number of nitrogens with zero attached hydrogens (tertiary/aromatic N) is 4. The van der Waals surface area contributed by atoms with Gasteiger partial charge >= 0.3 is 0 Å². The van der Waals surface area contributed by atoms with Gasteiger partial charge in [-0.3, -0.25) is 14.3 Å². The number of fused-ring (bicyclic) bond motifs is 1. The molecule has 0 aliphatic carbocycles. The molecular formula is C30H29N5O3. The van der Waals surface area contributed by atoms with Crippen molar-refractivity contribution in [1.82, 2.24) is 9.78 Å². The summed E-state index contributed by atoms with van der Waals surface area (Å²) in [5, 5.41) is 24.6. The summed E-state index contributed by atoms with van der Waals surface area (Å²) in [7, 11) is 1.83. The van der Waals surface area contributed by atoms with E-state index in [1.807, 2.05) is 55.6 Å². The molecule has 1 aliphatic rings. The van der Waals surface area contributed by atoms with E-state index in [1.54, 1.807) is 21.7 Å². The lowest BCUT2D eigenvalue weighted by Crippen LogP contribution is -2.41. The number of amides is 1. The molecule has 0 saturated carbocycles. The van der Waals surface area contributed by atoms with Crippen molar-refractivity contribution in [2.75, 3.05) is 30.4 Å². The number of hydrogen-bond acceptors (Lipinski definition) is 6. The molecule has 3 aromatic carbocycles. The predicted octanol–water partition coefficient (Wildman–Crippen LogP) is 4.08.